The van der Waals surface area contributed by atoms with Crippen molar-refractivity contribution >= 4 is 57.2 Å². The van der Waals surface area contributed by atoms with Gasteiger partial charge in [0.25, 0.3) is 0 Å². The second-order valence-electron chi connectivity index (χ2n) is 6.03. The average molecular weight is 410 g/mol. The number of anilines is 2. The van der Waals surface area contributed by atoms with Crippen LogP contribution in [0.4, 0.5) is 11.4 Å². The number of amides is 1. The van der Waals surface area contributed by atoms with Crippen molar-refractivity contribution in [3.05, 3.63) is 83.1 Å². The molecule has 2 aromatic carbocycles. The van der Waals surface area contributed by atoms with Gasteiger partial charge in [0, 0.05) is 5.69 Å². The van der Waals surface area contributed by atoms with E-state index in [1.54, 1.807) is 34.9 Å². The molecule has 0 radical (unpaired) electrons. The first-order valence-electron chi connectivity index (χ1n) is 8.47. The monoisotopic (exact) mass is 409 g/mol. The SMILES string of the molecule is O=C1CSC2(SC(c3cccs3)=NN2c2ccccc2)N1c1ccccc1. The van der Waals surface area contributed by atoms with Crippen molar-refractivity contribution in [1.29, 1.82) is 0 Å². The van der Waals surface area contributed by atoms with Gasteiger partial charge in [-0.3, -0.25) is 9.69 Å². The van der Waals surface area contributed by atoms with Crippen molar-refractivity contribution in [3.63, 3.8) is 0 Å². The third-order valence-corrected chi connectivity index (χ3v) is 8.20. The normalized spacial score (nSPS) is 21.9. The van der Waals surface area contributed by atoms with E-state index < -0.39 is 4.33 Å². The molecule has 0 aliphatic carbocycles. The smallest absolute Gasteiger partial charge is 0.243 e. The van der Waals surface area contributed by atoms with Crippen LogP contribution in [0.5, 0.6) is 0 Å². The van der Waals surface area contributed by atoms with Crippen LogP contribution in [0.2, 0.25) is 0 Å². The fourth-order valence-electron chi connectivity index (χ4n) is 3.19. The average Bonchev–Trinajstić information content (AvgIpc) is 3.43. The van der Waals surface area contributed by atoms with E-state index in [-0.39, 0.29) is 5.91 Å². The number of carbonyl (C=O) groups excluding carboxylic acids is 1. The minimum Gasteiger partial charge on any atom is -0.273 e. The molecule has 4 nitrogen and oxygen atoms in total. The van der Waals surface area contributed by atoms with Crippen molar-refractivity contribution in [1.82, 2.24) is 0 Å². The van der Waals surface area contributed by atoms with Gasteiger partial charge >= 0.3 is 0 Å². The molecule has 7 heteroatoms. The molecule has 0 N–H and O–H groups in total. The third kappa shape index (κ3) is 2.77. The molecule has 1 fully saturated rings. The summed E-state index contributed by atoms with van der Waals surface area (Å²) in [7, 11) is 0. The van der Waals surface area contributed by atoms with E-state index in [2.05, 4.69) is 11.4 Å². The van der Waals surface area contributed by atoms with Gasteiger partial charge in [-0.25, -0.2) is 5.01 Å². The molecule has 1 spiro atoms. The highest BCUT2D eigenvalue weighted by Gasteiger charge is 2.57. The Balaban J connectivity index is 1.66. The number of para-hydroxylation sites is 2. The van der Waals surface area contributed by atoms with Gasteiger partial charge in [-0.2, -0.15) is 5.10 Å². The molecule has 2 aliphatic heterocycles. The number of hydrogen-bond donors (Lipinski definition) is 0. The Hall–Kier alpha value is -2.22. The summed E-state index contributed by atoms with van der Waals surface area (Å²) in [6, 6.07) is 24.0. The lowest BCUT2D eigenvalue weighted by Gasteiger charge is -2.39. The number of nitrogens with zero attached hydrogens (tertiary/aromatic N) is 3. The summed E-state index contributed by atoms with van der Waals surface area (Å²) in [4.78, 5) is 15.9. The Morgan fingerprint density at radius 3 is 2.26 bits per heavy atom. The second kappa shape index (κ2) is 6.74. The summed E-state index contributed by atoms with van der Waals surface area (Å²) in [6.45, 7) is 0. The molecular formula is C20H15N3OS3. The molecular weight excluding hydrogens is 394 g/mol. The van der Waals surface area contributed by atoms with Crippen LogP contribution in [0.1, 0.15) is 4.88 Å². The number of hydrogen-bond acceptors (Lipinski definition) is 6. The summed E-state index contributed by atoms with van der Waals surface area (Å²) in [6.07, 6.45) is 0. The molecule has 1 unspecified atom stereocenters. The van der Waals surface area contributed by atoms with Crippen molar-refractivity contribution in [2.24, 2.45) is 5.10 Å². The highest BCUT2D eigenvalue weighted by molar-refractivity contribution is 8.27. The Bertz CT molecular complexity index is 992. The standard InChI is InChI=1S/C20H15N3OS3/c24-18-14-26-20(22(18)15-8-3-1-4-9-15)23(16-10-5-2-6-11-16)21-19(27-20)17-12-7-13-25-17/h1-13H,14H2. The van der Waals surface area contributed by atoms with E-state index in [9.17, 15) is 4.79 Å². The van der Waals surface area contributed by atoms with Crippen molar-refractivity contribution in [2.45, 2.75) is 4.33 Å². The minimum atomic E-state index is -0.654. The van der Waals surface area contributed by atoms with E-state index in [0.29, 0.717) is 5.75 Å². The van der Waals surface area contributed by atoms with E-state index >= 15 is 0 Å². The quantitative estimate of drug-likeness (QED) is 0.606. The Labute approximate surface area is 169 Å². The lowest BCUT2D eigenvalue weighted by Crippen LogP contribution is -2.51. The molecule has 1 amide bonds. The minimum absolute atomic E-state index is 0.0993. The number of thiophene rings is 1. The van der Waals surface area contributed by atoms with Crippen molar-refractivity contribution < 1.29 is 4.79 Å². The lowest BCUT2D eigenvalue weighted by atomic mass is 10.3. The van der Waals surface area contributed by atoms with Crippen molar-refractivity contribution in [2.75, 3.05) is 15.7 Å². The molecule has 0 saturated carbocycles. The van der Waals surface area contributed by atoms with Crippen LogP contribution in [0.25, 0.3) is 0 Å². The van der Waals surface area contributed by atoms with Crippen LogP contribution in [0, 0.1) is 0 Å². The van der Waals surface area contributed by atoms with Gasteiger partial charge in [0.2, 0.25) is 10.2 Å². The van der Waals surface area contributed by atoms with E-state index in [1.165, 1.54) is 0 Å². The van der Waals surface area contributed by atoms with Gasteiger partial charge in [-0.1, -0.05) is 54.2 Å². The van der Waals surface area contributed by atoms with Crippen LogP contribution in [-0.4, -0.2) is 21.0 Å². The number of rotatable bonds is 3. The molecule has 1 aromatic heterocycles. The molecule has 1 atom stereocenters. The maximum Gasteiger partial charge on any atom is 0.243 e. The zero-order valence-corrected chi connectivity index (χ0v) is 16.6. The number of benzene rings is 2. The zero-order chi connectivity index (χ0) is 18.3. The van der Waals surface area contributed by atoms with E-state index in [1.807, 2.05) is 76.6 Å². The summed E-state index contributed by atoms with van der Waals surface area (Å²) in [5.74, 6) is 0.528. The maximum absolute atomic E-state index is 12.9. The molecule has 3 aromatic rings. The maximum atomic E-state index is 12.9. The van der Waals surface area contributed by atoms with Crippen LogP contribution in [-0.2, 0) is 4.79 Å². The van der Waals surface area contributed by atoms with Crippen LogP contribution >= 0.6 is 34.9 Å². The molecule has 1 saturated heterocycles. The summed E-state index contributed by atoms with van der Waals surface area (Å²) >= 11 is 4.93. The Kier molecular flexibility index (Phi) is 4.22. The first-order chi connectivity index (χ1) is 13.3. The van der Waals surface area contributed by atoms with Gasteiger partial charge in [0.05, 0.1) is 16.3 Å². The number of thioether (sulfide) groups is 2. The molecule has 134 valence electrons. The third-order valence-electron chi connectivity index (χ3n) is 4.35. The Morgan fingerprint density at radius 2 is 1.59 bits per heavy atom. The second-order valence-corrected chi connectivity index (χ2v) is 9.55. The fourth-order valence-corrected chi connectivity index (χ4v) is 6.83. The van der Waals surface area contributed by atoms with Crippen molar-refractivity contribution in [3.8, 4) is 0 Å². The van der Waals surface area contributed by atoms with Crippen LogP contribution in [0.3, 0.4) is 0 Å². The number of carbonyl (C=O) groups is 1. The highest BCUT2D eigenvalue weighted by Crippen LogP contribution is 2.56. The topological polar surface area (TPSA) is 35.9 Å². The predicted octanol–water partition coefficient (Wildman–Crippen LogP) is 5.05. The van der Waals surface area contributed by atoms with Crippen LogP contribution in [0.15, 0.2) is 83.3 Å². The van der Waals surface area contributed by atoms with Gasteiger partial charge in [-0.15, -0.1) is 11.3 Å². The molecule has 2 aliphatic rings. The summed E-state index contributed by atoms with van der Waals surface area (Å²) in [5, 5.41) is 9.95. The van der Waals surface area contributed by atoms with Crippen LogP contribution < -0.4 is 9.91 Å². The molecule has 5 rings (SSSR count). The van der Waals surface area contributed by atoms with Gasteiger partial charge in [0.1, 0.15) is 5.04 Å². The molecule has 27 heavy (non-hydrogen) atoms. The predicted molar refractivity (Wildman–Crippen MR) is 116 cm³/mol. The largest absolute Gasteiger partial charge is 0.273 e. The van der Waals surface area contributed by atoms with E-state index in [0.717, 1.165) is 21.3 Å². The first kappa shape index (κ1) is 16.9. The van der Waals surface area contributed by atoms with Gasteiger partial charge in [0.15, 0.2) is 0 Å². The van der Waals surface area contributed by atoms with Gasteiger partial charge < -0.3 is 0 Å². The first-order valence-corrected chi connectivity index (χ1v) is 11.1. The lowest BCUT2D eigenvalue weighted by molar-refractivity contribution is -0.115. The molecule has 0 bridgehead atoms. The molecule has 3 heterocycles. The summed E-state index contributed by atoms with van der Waals surface area (Å²) in [5.41, 5.74) is 1.86. The summed E-state index contributed by atoms with van der Waals surface area (Å²) < 4.78 is -0.654. The highest BCUT2D eigenvalue weighted by atomic mass is 32.2. The fraction of sp³-hybridized carbons (Fsp3) is 0.100. The van der Waals surface area contributed by atoms with E-state index in [4.69, 9.17) is 5.10 Å². The number of hydrazone groups is 1. The zero-order valence-electron chi connectivity index (χ0n) is 14.2. The Morgan fingerprint density at radius 1 is 0.889 bits per heavy atom. The van der Waals surface area contributed by atoms with Gasteiger partial charge in [-0.05, 0) is 47.5 Å².